The van der Waals surface area contributed by atoms with Crippen LogP contribution in [0.25, 0.3) is 0 Å². The van der Waals surface area contributed by atoms with E-state index in [0.29, 0.717) is 0 Å². The maximum atomic E-state index is 11.6. The van der Waals surface area contributed by atoms with Crippen molar-refractivity contribution in [3.05, 3.63) is 0 Å². The minimum atomic E-state index is -3.28. The molecule has 0 aliphatic heterocycles. The second-order valence-corrected chi connectivity index (χ2v) is 6.85. The minimum absolute atomic E-state index is 0. The van der Waals surface area contributed by atoms with Crippen molar-refractivity contribution in [3.8, 4) is 0 Å². The summed E-state index contributed by atoms with van der Waals surface area (Å²) in [6, 6.07) is 0. The highest BCUT2D eigenvalue weighted by Gasteiger charge is 2.29. The first-order valence-corrected chi connectivity index (χ1v) is 7.20. The molecule has 0 rings (SSSR count). The van der Waals surface area contributed by atoms with Crippen molar-refractivity contribution in [2.24, 2.45) is 11.7 Å². The van der Waals surface area contributed by atoms with Crippen molar-refractivity contribution in [1.29, 1.82) is 0 Å². The highest BCUT2D eigenvalue weighted by molar-refractivity contribution is 7.92. The molecule has 1 amide bonds. The van der Waals surface area contributed by atoms with E-state index in [1.54, 1.807) is 0 Å². The molecule has 0 spiro atoms. The Labute approximate surface area is 110 Å². The van der Waals surface area contributed by atoms with Crippen LogP contribution >= 0.6 is 12.4 Å². The van der Waals surface area contributed by atoms with Crippen LogP contribution in [0.2, 0.25) is 0 Å². The van der Waals surface area contributed by atoms with E-state index in [0.717, 1.165) is 0 Å². The minimum Gasteiger partial charge on any atom is -0.349 e. The van der Waals surface area contributed by atoms with Gasteiger partial charge in [-0.25, -0.2) is 8.42 Å². The van der Waals surface area contributed by atoms with Gasteiger partial charge in [0.2, 0.25) is 5.91 Å². The van der Waals surface area contributed by atoms with Gasteiger partial charge in [0.1, 0.15) is 5.75 Å². The molecule has 0 heterocycles. The van der Waals surface area contributed by atoms with Gasteiger partial charge in [0, 0.05) is 12.3 Å². The molecule has 3 N–H and O–H groups in total. The number of rotatable bonds is 6. The van der Waals surface area contributed by atoms with E-state index in [2.05, 4.69) is 5.32 Å². The molecule has 0 aromatic carbocycles. The number of carbonyl (C=O) groups is 1. The molecule has 0 fully saturated rings. The predicted octanol–water partition coefficient (Wildman–Crippen LogP) is 0.333. The Balaban J connectivity index is 0. The molecule has 0 saturated heterocycles. The molecule has 104 valence electrons. The molecule has 0 bridgehead atoms. The Bertz CT molecular complexity index is 343. The summed E-state index contributed by atoms with van der Waals surface area (Å²) in [5, 5.41) is 2.69. The predicted molar refractivity (Wildman–Crippen MR) is 72.0 cm³/mol. The zero-order chi connectivity index (χ0) is 13.0. The normalized spacial score (nSPS) is 14.9. The molecule has 0 aromatic heterocycles. The summed E-state index contributed by atoms with van der Waals surface area (Å²) in [4.78, 5) is 11.6. The molecule has 1 unspecified atom stereocenters. The van der Waals surface area contributed by atoms with Crippen molar-refractivity contribution >= 4 is 28.2 Å². The van der Waals surface area contributed by atoms with Crippen LogP contribution in [-0.2, 0) is 14.6 Å². The number of sulfone groups is 1. The molecule has 0 aliphatic rings. The third-order valence-corrected chi connectivity index (χ3v) is 4.50. The summed E-state index contributed by atoms with van der Waals surface area (Å²) >= 11 is 0. The van der Waals surface area contributed by atoms with E-state index in [-0.39, 0.29) is 30.6 Å². The quantitative estimate of drug-likeness (QED) is 0.736. The van der Waals surface area contributed by atoms with Gasteiger partial charge >= 0.3 is 0 Å². The molecular weight excluding hydrogens is 264 g/mol. The molecule has 1 atom stereocenters. The number of halogens is 1. The first-order chi connectivity index (χ1) is 7.17. The molecule has 0 saturated carbocycles. The maximum absolute atomic E-state index is 11.6. The van der Waals surface area contributed by atoms with E-state index in [9.17, 15) is 13.2 Å². The van der Waals surface area contributed by atoms with Gasteiger partial charge in [0.05, 0.1) is 5.54 Å². The van der Waals surface area contributed by atoms with Crippen LogP contribution in [-0.4, -0.2) is 37.9 Å². The van der Waals surface area contributed by atoms with Crippen LogP contribution < -0.4 is 11.1 Å². The fourth-order valence-corrected chi connectivity index (χ4v) is 1.76. The third kappa shape index (κ3) is 6.24. The van der Waals surface area contributed by atoms with Crippen molar-refractivity contribution in [1.82, 2.24) is 5.32 Å². The van der Waals surface area contributed by atoms with Crippen molar-refractivity contribution in [2.45, 2.75) is 33.2 Å². The van der Waals surface area contributed by atoms with Crippen molar-refractivity contribution in [3.63, 3.8) is 0 Å². The SMILES string of the molecule is CCS(=O)(=O)CC(=O)NC(C)(CN)C(C)C.Cl. The molecule has 7 heteroatoms. The Morgan fingerprint density at radius 3 is 2.18 bits per heavy atom. The molecule has 17 heavy (non-hydrogen) atoms. The molecule has 0 radical (unpaired) electrons. The molecule has 0 aromatic rings. The second kappa shape index (κ2) is 7.18. The summed E-state index contributed by atoms with van der Waals surface area (Å²) in [5.74, 6) is -0.831. The van der Waals surface area contributed by atoms with Gasteiger partial charge in [-0.3, -0.25) is 4.79 Å². The van der Waals surface area contributed by atoms with E-state index >= 15 is 0 Å². The van der Waals surface area contributed by atoms with Gasteiger partial charge in [-0.2, -0.15) is 0 Å². The van der Waals surface area contributed by atoms with Gasteiger partial charge in [-0.05, 0) is 12.8 Å². The topological polar surface area (TPSA) is 89.3 Å². The highest BCUT2D eigenvalue weighted by atomic mass is 35.5. The smallest absolute Gasteiger partial charge is 0.235 e. The molecule has 0 aliphatic carbocycles. The van der Waals surface area contributed by atoms with E-state index < -0.39 is 27.0 Å². The standard InChI is InChI=1S/C10H22N2O3S.ClH/c1-5-16(14,15)6-9(13)12-10(4,7-11)8(2)3;/h8H,5-7,11H2,1-4H3,(H,12,13);1H. The maximum Gasteiger partial charge on any atom is 0.235 e. The number of hydrogen-bond donors (Lipinski definition) is 2. The molecule has 5 nitrogen and oxygen atoms in total. The Morgan fingerprint density at radius 2 is 1.88 bits per heavy atom. The van der Waals surface area contributed by atoms with Gasteiger partial charge in [-0.15, -0.1) is 12.4 Å². The zero-order valence-corrected chi connectivity index (χ0v) is 12.5. The Morgan fingerprint density at radius 1 is 1.41 bits per heavy atom. The molecular formula is C10H23ClN2O3S. The summed E-state index contributed by atoms with van der Waals surface area (Å²) in [7, 11) is -3.28. The lowest BCUT2D eigenvalue weighted by Gasteiger charge is -2.33. The van der Waals surface area contributed by atoms with E-state index in [1.165, 1.54) is 6.92 Å². The highest BCUT2D eigenvalue weighted by Crippen LogP contribution is 2.14. The zero-order valence-electron chi connectivity index (χ0n) is 10.8. The lowest BCUT2D eigenvalue weighted by Crippen LogP contribution is -2.56. The van der Waals surface area contributed by atoms with Crippen molar-refractivity contribution in [2.75, 3.05) is 18.1 Å². The largest absolute Gasteiger partial charge is 0.349 e. The van der Waals surface area contributed by atoms with E-state index in [1.807, 2.05) is 20.8 Å². The third-order valence-electron chi connectivity index (χ3n) is 2.91. The van der Waals surface area contributed by atoms with Gasteiger partial charge in [0.25, 0.3) is 0 Å². The van der Waals surface area contributed by atoms with E-state index in [4.69, 9.17) is 5.73 Å². The Hall–Kier alpha value is -0.330. The number of amides is 1. The van der Waals surface area contributed by atoms with Crippen LogP contribution in [0.3, 0.4) is 0 Å². The average Bonchev–Trinajstić information content (AvgIpc) is 2.16. The first-order valence-electron chi connectivity index (χ1n) is 5.38. The monoisotopic (exact) mass is 286 g/mol. The van der Waals surface area contributed by atoms with Gasteiger partial charge in [-0.1, -0.05) is 20.8 Å². The van der Waals surface area contributed by atoms with Gasteiger partial charge in [0.15, 0.2) is 9.84 Å². The number of carbonyl (C=O) groups excluding carboxylic acids is 1. The number of hydrogen-bond acceptors (Lipinski definition) is 4. The summed E-state index contributed by atoms with van der Waals surface area (Å²) in [5.41, 5.74) is 5.03. The van der Waals surface area contributed by atoms with Crippen molar-refractivity contribution < 1.29 is 13.2 Å². The number of nitrogens with one attached hydrogen (secondary N) is 1. The second-order valence-electron chi connectivity index (χ2n) is 4.50. The Kier molecular flexibility index (Phi) is 8.03. The van der Waals surface area contributed by atoms with Crippen LogP contribution in [0.5, 0.6) is 0 Å². The average molecular weight is 287 g/mol. The fraction of sp³-hybridized carbons (Fsp3) is 0.900. The lowest BCUT2D eigenvalue weighted by molar-refractivity contribution is -0.120. The number of nitrogens with two attached hydrogens (primary N) is 1. The lowest BCUT2D eigenvalue weighted by atomic mass is 9.88. The van der Waals surface area contributed by atoms with Crippen LogP contribution in [0.4, 0.5) is 0 Å². The van der Waals surface area contributed by atoms with Crippen LogP contribution in [0.1, 0.15) is 27.7 Å². The fourth-order valence-electron chi connectivity index (χ4n) is 1.09. The van der Waals surface area contributed by atoms with Gasteiger partial charge < -0.3 is 11.1 Å². The summed E-state index contributed by atoms with van der Waals surface area (Å²) in [6.45, 7) is 7.48. The summed E-state index contributed by atoms with van der Waals surface area (Å²) in [6.07, 6.45) is 0. The van der Waals surface area contributed by atoms with Crippen LogP contribution in [0.15, 0.2) is 0 Å². The van der Waals surface area contributed by atoms with Crippen LogP contribution in [0, 0.1) is 5.92 Å². The first kappa shape index (κ1) is 19.0. The summed E-state index contributed by atoms with van der Waals surface area (Å²) < 4.78 is 22.5.